The van der Waals surface area contributed by atoms with Crippen molar-refractivity contribution in [1.29, 1.82) is 0 Å². The van der Waals surface area contributed by atoms with Gasteiger partial charge in [-0.15, -0.1) is 0 Å². The van der Waals surface area contributed by atoms with E-state index >= 15 is 0 Å². The summed E-state index contributed by atoms with van der Waals surface area (Å²) in [4.78, 5) is 25.5. The van der Waals surface area contributed by atoms with Crippen molar-refractivity contribution in [3.05, 3.63) is 67.8 Å². The Hall–Kier alpha value is -2.39. The second-order valence-electron chi connectivity index (χ2n) is 4.69. The lowest BCUT2D eigenvalue weighted by molar-refractivity contribution is 0.162. The normalized spacial score (nSPS) is 11.7. The minimum absolute atomic E-state index is 0.00778. The highest BCUT2D eigenvalue weighted by Crippen LogP contribution is 2.27. The number of para-hydroxylation sites is 1. The largest absolute Gasteiger partial charge is 0.421 e. The van der Waals surface area contributed by atoms with Crippen LogP contribution >= 0.6 is 15.9 Å². The number of nitrogens with zero attached hydrogens (tertiary/aromatic N) is 1. The van der Waals surface area contributed by atoms with Crippen molar-refractivity contribution in [1.82, 2.24) is 9.71 Å². The van der Waals surface area contributed by atoms with E-state index in [2.05, 4.69) is 20.9 Å². The number of fused-ring (bicyclic) bond motifs is 1. The highest BCUT2D eigenvalue weighted by Gasteiger charge is 2.22. The van der Waals surface area contributed by atoms with E-state index in [1.807, 2.05) is 0 Å². The Balaban J connectivity index is 2.42. The summed E-state index contributed by atoms with van der Waals surface area (Å²) in [7, 11) is -3.96. The van der Waals surface area contributed by atoms with Crippen molar-refractivity contribution in [2.75, 3.05) is 0 Å². The van der Waals surface area contributed by atoms with Crippen LogP contribution in [0.4, 0.5) is 0 Å². The van der Waals surface area contributed by atoms with Crippen LogP contribution in [0.1, 0.15) is 0 Å². The van der Waals surface area contributed by atoms with Crippen LogP contribution in [0.15, 0.2) is 66.3 Å². The molecule has 0 bridgehead atoms. The lowest BCUT2D eigenvalue weighted by atomic mass is 10.2. The summed E-state index contributed by atoms with van der Waals surface area (Å²) in [5, 5.41) is 9.25. The zero-order valence-electron chi connectivity index (χ0n) is 11.4. The third-order valence-corrected chi connectivity index (χ3v) is 5.56. The van der Waals surface area contributed by atoms with E-state index in [4.69, 9.17) is 0 Å². The molecule has 9 heteroatoms. The topological polar surface area (TPSA) is 109 Å². The average molecular weight is 397 g/mol. The fourth-order valence-electron chi connectivity index (χ4n) is 2.19. The Morgan fingerprint density at radius 1 is 1.09 bits per heavy atom. The van der Waals surface area contributed by atoms with Crippen LogP contribution in [0.25, 0.3) is 10.9 Å². The molecular weight excluding hydrogens is 388 g/mol. The first-order chi connectivity index (χ1) is 10.8. The van der Waals surface area contributed by atoms with Gasteiger partial charge in [-0.2, -0.15) is 0 Å². The van der Waals surface area contributed by atoms with Crippen molar-refractivity contribution in [2.24, 2.45) is 0 Å². The molecule has 0 unspecified atom stereocenters. The molecule has 0 amide bonds. The van der Waals surface area contributed by atoms with E-state index in [9.17, 15) is 23.2 Å². The van der Waals surface area contributed by atoms with Crippen LogP contribution in [0, 0.1) is 0 Å². The maximum Gasteiger partial charge on any atom is 0.362 e. The van der Waals surface area contributed by atoms with Crippen LogP contribution in [0.3, 0.4) is 0 Å². The van der Waals surface area contributed by atoms with Crippen molar-refractivity contribution in [2.45, 2.75) is 9.79 Å². The summed E-state index contributed by atoms with van der Waals surface area (Å²) in [6, 6.07) is 10.0. The quantitative estimate of drug-likeness (QED) is 0.638. The molecule has 2 N–H and O–H groups in total. The van der Waals surface area contributed by atoms with Crippen molar-refractivity contribution in [3.8, 4) is 0 Å². The summed E-state index contributed by atoms with van der Waals surface area (Å²) in [6.07, 6.45) is 0. The molecule has 7 nitrogen and oxygen atoms in total. The minimum Gasteiger partial charge on any atom is -0.421 e. The van der Waals surface area contributed by atoms with Crippen LogP contribution < -0.4 is 11.2 Å². The molecule has 0 radical (unpaired) electrons. The van der Waals surface area contributed by atoms with Crippen molar-refractivity contribution >= 4 is 36.7 Å². The van der Waals surface area contributed by atoms with Gasteiger partial charge in [0.05, 0.1) is 20.7 Å². The molecule has 0 aliphatic carbocycles. The van der Waals surface area contributed by atoms with Gasteiger partial charge in [0.25, 0.3) is 5.56 Å². The number of hydrogen-bond acceptors (Lipinski definition) is 5. The zero-order valence-corrected chi connectivity index (χ0v) is 13.8. The van der Waals surface area contributed by atoms with Gasteiger partial charge >= 0.3 is 5.69 Å². The van der Waals surface area contributed by atoms with E-state index in [1.54, 1.807) is 12.1 Å². The van der Waals surface area contributed by atoms with Crippen LogP contribution in [-0.2, 0) is 9.84 Å². The van der Waals surface area contributed by atoms with Crippen LogP contribution in [0.2, 0.25) is 0 Å². The highest BCUT2D eigenvalue weighted by molar-refractivity contribution is 9.10. The molecule has 0 atom stereocenters. The Morgan fingerprint density at radius 3 is 2.48 bits per heavy atom. The van der Waals surface area contributed by atoms with Gasteiger partial charge in [-0.1, -0.05) is 32.8 Å². The summed E-state index contributed by atoms with van der Waals surface area (Å²) >= 11 is 3.20. The molecule has 0 spiro atoms. The van der Waals surface area contributed by atoms with Gasteiger partial charge in [-0.25, -0.2) is 13.2 Å². The van der Waals surface area contributed by atoms with Crippen molar-refractivity contribution < 1.29 is 13.6 Å². The Labute approximate surface area is 137 Å². The molecule has 118 valence electrons. The number of benzene rings is 2. The zero-order chi connectivity index (χ0) is 16.8. The van der Waals surface area contributed by atoms with Gasteiger partial charge in [-0.05, 0) is 30.3 Å². The molecule has 0 aliphatic rings. The standard InChI is InChI=1S/C14H9BrN2O5S/c15-8-3-1-4-9(7-8)23(21,22)11-6-2-5-10-12(11)16-14(19)17(20)13(10)18/h1-7,20H,(H,16,19). The molecule has 1 aromatic heterocycles. The summed E-state index contributed by atoms with van der Waals surface area (Å²) in [5.41, 5.74) is -2.25. The van der Waals surface area contributed by atoms with Crippen LogP contribution in [-0.4, -0.2) is 23.3 Å². The molecule has 0 fully saturated rings. The van der Waals surface area contributed by atoms with E-state index in [0.29, 0.717) is 4.47 Å². The Kier molecular flexibility index (Phi) is 3.61. The maximum atomic E-state index is 12.8. The number of aromatic nitrogens is 2. The third-order valence-electron chi connectivity index (χ3n) is 3.27. The Bertz CT molecular complexity index is 1150. The van der Waals surface area contributed by atoms with E-state index in [0.717, 1.165) is 0 Å². The predicted octanol–water partition coefficient (Wildman–Crippen LogP) is 1.52. The minimum atomic E-state index is -3.96. The summed E-state index contributed by atoms with van der Waals surface area (Å²) in [6.45, 7) is 0. The smallest absolute Gasteiger partial charge is 0.362 e. The van der Waals surface area contributed by atoms with Crippen LogP contribution in [0.5, 0.6) is 0 Å². The molecule has 3 aromatic rings. The first kappa shape index (κ1) is 15.5. The van der Waals surface area contributed by atoms with Gasteiger partial charge < -0.3 is 10.2 Å². The number of nitrogens with one attached hydrogen (secondary N) is 1. The molecular formula is C14H9BrN2O5S. The lowest BCUT2D eigenvalue weighted by Gasteiger charge is -2.08. The monoisotopic (exact) mass is 396 g/mol. The number of rotatable bonds is 2. The SMILES string of the molecule is O=c1[nH]c2c(S(=O)(=O)c3cccc(Br)c3)cccc2c(=O)n1O. The number of hydrogen-bond donors (Lipinski definition) is 2. The summed E-state index contributed by atoms with van der Waals surface area (Å²) in [5.74, 6) is 0. The third kappa shape index (κ3) is 2.47. The first-order valence-corrected chi connectivity index (χ1v) is 8.58. The molecule has 0 aliphatic heterocycles. The molecule has 3 rings (SSSR count). The van der Waals surface area contributed by atoms with Gasteiger partial charge in [0.15, 0.2) is 0 Å². The number of sulfone groups is 1. The number of halogens is 1. The highest BCUT2D eigenvalue weighted by atomic mass is 79.9. The summed E-state index contributed by atoms with van der Waals surface area (Å²) < 4.78 is 26.1. The Morgan fingerprint density at radius 2 is 1.78 bits per heavy atom. The first-order valence-electron chi connectivity index (χ1n) is 6.30. The molecule has 23 heavy (non-hydrogen) atoms. The van der Waals surface area contributed by atoms with Gasteiger partial charge in [0, 0.05) is 4.47 Å². The van der Waals surface area contributed by atoms with Gasteiger partial charge in [-0.3, -0.25) is 4.79 Å². The second-order valence-corrected chi connectivity index (χ2v) is 7.52. The lowest BCUT2D eigenvalue weighted by Crippen LogP contribution is -2.33. The van der Waals surface area contributed by atoms with E-state index in [1.165, 1.54) is 30.3 Å². The molecule has 0 saturated carbocycles. The number of aromatic amines is 1. The fourth-order valence-corrected chi connectivity index (χ4v) is 4.22. The van der Waals surface area contributed by atoms with E-state index in [-0.39, 0.29) is 25.4 Å². The second kappa shape index (κ2) is 5.36. The molecule has 0 saturated heterocycles. The fraction of sp³-hybridized carbons (Fsp3) is 0. The van der Waals surface area contributed by atoms with Gasteiger partial charge in [0.1, 0.15) is 0 Å². The molecule has 2 aromatic carbocycles. The molecule has 1 heterocycles. The number of H-pyrrole nitrogens is 1. The van der Waals surface area contributed by atoms with Gasteiger partial charge in [0.2, 0.25) is 9.84 Å². The average Bonchev–Trinajstić information content (AvgIpc) is 2.52. The van der Waals surface area contributed by atoms with Crippen molar-refractivity contribution in [3.63, 3.8) is 0 Å². The van der Waals surface area contributed by atoms with E-state index < -0.39 is 21.1 Å². The maximum absolute atomic E-state index is 12.8. The predicted molar refractivity (Wildman–Crippen MR) is 85.6 cm³/mol.